The van der Waals surface area contributed by atoms with Gasteiger partial charge in [0.15, 0.2) is 0 Å². The zero-order chi connectivity index (χ0) is 14.8. The van der Waals surface area contributed by atoms with Crippen LogP contribution in [0.3, 0.4) is 0 Å². The van der Waals surface area contributed by atoms with Gasteiger partial charge in [-0.3, -0.25) is 4.98 Å². The molecule has 104 valence electrons. The number of hydrogen-bond donors (Lipinski definition) is 1. The molecule has 0 saturated heterocycles. The zero-order valence-corrected chi connectivity index (χ0v) is 12.3. The van der Waals surface area contributed by atoms with Gasteiger partial charge in [-0.2, -0.15) is 5.10 Å². The van der Waals surface area contributed by atoms with E-state index in [1.807, 2.05) is 36.5 Å². The van der Waals surface area contributed by atoms with E-state index in [1.54, 1.807) is 17.1 Å². The number of nitrogens with two attached hydrogens (primary N) is 1. The first-order chi connectivity index (χ1) is 10.2. The summed E-state index contributed by atoms with van der Waals surface area (Å²) in [6.07, 6.45) is 5.41. The van der Waals surface area contributed by atoms with Crippen LogP contribution < -0.4 is 5.73 Å². The van der Waals surface area contributed by atoms with Crippen LogP contribution in [0.2, 0.25) is 0 Å². The normalized spacial score (nSPS) is 10.5. The molecular formula is C16H14N4S. The molecule has 4 nitrogen and oxygen atoms in total. The maximum absolute atomic E-state index is 5.83. The second kappa shape index (κ2) is 5.46. The number of aryl methyl sites for hydroxylation is 1. The van der Waals surface area contributed by atoms with E-state index in [1.165, 1.54) is 0 Å². The Kier molecular flexibility index (Phi) is 3.50. The van der Waals surface area contributed by atoms with E-state index in [0.717, 1.165) is 22.4 Å². The Hall–Kier alpha value is -2.53. The molecule has 0 bridgehead atoms. The van der Waals surface area contributed by atoms with Crippen molar-refractivity contribution in [1.29, 1.82) is 0 Å². The summed E-state index contributed by atoms with van der Waals surface area (Å²) in [4.78, 5) is 4.40. The first-order valence-electron chi connectivity index (χ1n) is 6.52. The van der Waals surface area contributed by atoms with Crippen molar-refractivity contribution in [2.45, 2.75) is 6.92 Å². The maximum Gasteiger partial charge on any atom is 0.127 e. The van der Waals surface area contributed by atoms with Crippen LogP contribution in [0.4, 0.5) is 0 Å². The standard InChI is InChI=1S/C16H14N4S/c1-11-5-2-3-7-13(11)14-10-20(19-15(14)16(17)21)12-6-4-8-18-9-12/h2-10H,1H3,(H2,17,21). The van der Waals surface area contributed by atoms with Gasteiger partial charge in [-0.05, 0) is 30.2 Å². The van der Waals surface area contributed by atoms with Crippen LogP contribution in [0, 0.1) is 6.92 Å². The van der Waals surface area contributed by atoms with Gasteiger partial charge in [0, 0.05) is 18.0 Å². The van der Waals surface area contributed by atoms with E-state index in [2.05, 4.69) is 23.1 Å². The van der Waals surface area contributed by atoms with Crippen LogP contribution in [0.15, 0.2) is 55.0 Å². The highest BCUT2D eigenvalue weighted by atomic mass is 32.1. The van der Waals surface area contributed by atoms with Crippen LogP contribution in [0.1, 0.15) is 11.3 Å². The van der Waals surface area contributed by atoms with Crippen molar-refractivity contribution in [1.82, 2.24) is 14.8 Å². The molecule has 5 heteroatoms. The van der Waals surface area contributed by atoms with Crippen LogP contribution in [0.5, 0.6) is 0 Å². The summed E-state index contributed by atoms with van der Waals surface area (Å²) >= 11 is 5.14. The zero-order valence-electron chi connectivity index (χ0n) is 11.5. The van der Waals surface area contributed by atoms with Crippen molar-refractivity contribution >= 4 is 17.2 Å². The summed E-state index contributed by atoms with van der Waals surface area (Å²) in [5, 5.41) is 4.51. The molecule has 0 amide bonds. The maximum atomic E-state index is 5.83. The van der Waals surface area contributed by atoms with Crippen LogP contribution in [0.25, 0.3) is 16.8 Å². The predicted molar refractivity (Wildman–Crippen MR) is 87.4 cm³/mol. The highest BCUT2D eigenvalue weighted by molar-refractivity contribution is 7.80. The van der Waals surface area contributed by atoms with Gasteiger partial charge in [0.2, 0.25) is 0 Å². The SMILES string of the molecule is Cc1ccccc1-c1cn(-c2cccnc2)nc1C(N)=S. The average Bonchev–Trinajstić information content (AvgIpc) is 2.94. The molecule has 0 saturated carbocycles. The number of hydrogen-bond acceptors (Lipinski definition) is 3. The Morgan fingerprint density at radius 1 is 1.14 bits per heavy atom. The summed E-state index contributed by atoms with van der Waals surface area (Å²) < 4.78 is 1.75. The summed E-state index contributed by atoms with van der Waals surface area (Å²) in [6, 6.07) is 11.9. The molecule has 2 heterocycles. The predicted octanol–water partition coefficient (Wildman–Crippen LogP) is 2.88. The van der Waals surface area contributed by atoms with Gasteiger partial charge in [0.05, 0.1) is 11.9 Å². The van der Waals surface area contributed by atoms with E-state index in [0.29, 0.717) is 5.69 Å². The molecule has 3 aromatic rings. The molecule has 3 rings (SSSR count). The van der Waals surface area contributed by atoms with Crippen LogP contribution in [-0.2, 0) is 0 Å². The van der Waals surface area contributed by atoms with Crippen molar-refractivity contribution in [3.63, 3.8) is 0 Å². The molecule has 0 fully saturated rings. The molecule has 0 unspecified atom stereocenters. The lowest BCUT2D eigenvalue weighted by Crippen LogP contribution is -2.12. The molecule has 21 heavy (non-hydrogen) atoms. The average molecular weight is 294 g/mol. The van der Waals surface area contributed by atoms with E-state index in [-0.39, 0.29) is 4.99 Å². The second-order valence-corrected chi connectivity index (χ2v) is 5.17. The Labute approximate surface area is 128 Å². The minimum Gasteiger partial charge on any atom is -0.388 e. The molecule has 0 aliphatic heterocycles. The third-order valence-corrected chi connectivity index (χ3v) is 3.49. The molecule has 2 aromatic heterocycles. The topological polar surface area (TPSA) is 56.7 Å². The summed E-state index contributed by atoms with van der Waals surface area (Å²) in [5.41, 5.74) is 10.5. The van der Waals surface area contributed by atoms with Crippen molar-refractivity contribution in [2.24, 2.45) is 5.73 Å². The second-order valence-electron chi connectivity index (χ2n) is 4.73. The number of rotatable bonds is 3. The van der Waals surface area contributed by atoms with Gasteiger partial charge < -0.3 is 5.73 Å². The van der Waals surface area contributed by atoms with Gasteiger partial charge >= 0.3 is 0 Å². The molecule has 0 aliphatic carbocycles. The molecule has 0 radical (unpaired) electrons. The Morgan fingerprint density at radius 2 is 1.95 bits per heavy atom. The quantitative estimate of drug-likeness (QED) is 0.755. The van der Waals surface area contributed by atoms with E-state index >= 15 is 0 Å². The Morgan fingerprint density at radius 3 is 2.62 bits per heavy atom. The van der Waals surface area contributed by atoms with Gasteiger partial charge in [0.1, 0.15) is 10.7 Å². The van der Waals surface area contributed by atoms with Crippen LogP contribution in [-0.4, -0.2) is 19.8 Å². The molecule has 1 aromatic carbocycles. The number of thiocarbonyl (C=S) groups is 1. The molecular weight excluding hydrogens is 280 g/mol. The van der Waals surface area contributed by atoms with Crippen LogP contribution >= 0.6 is 12.2 Å². The Balaban J connectivity index is 2.19. The minimum atomic E-state index is 0.288. The largest absolute Gasteiger partial charge is 0.388 e. The molecule has 0 aliphatic rings. The molecule has 2 N–H and O–H groups in total. The number of nitrogens with zero attached hydrogens (tertiary/aromatic N) is 3. The van der Waals surface area contributed by atoms with Crippen molar-refractivity contribution in [2.75, 3.05) is 0 Å². The fourth-order valence-electron chi connectivity index (χ4n) is 2.25. The van der Waals surface area contributed by atoms with E-state index < -0.39 is 0 Å². The number of benzene rings is 1. The van der Waals surface area contributed by atoms with Crippen molar-refractivity contribution < 1.29 is 0 Å². The third kappa shape index (κ3) is 2.55. The fraction of sp³-hybridized carbons (Fsp3) is 0.0625. The smallest absolute Gasteiger partial charge is 0.127 e. The summed E-state index contributed by atoms with van der Waals surface area (Å²) in [7, 11) is 0. The molecule has 0 atom stereocenters. The van der Waals surface area contributed by atoms with Crippen molar-refractivity contribution in [3.05, 3.63) is 66.2 Å². The van der Waals surface area contributed by atoms with E-state index in [9.17, 15) is 0 Å². The van der Waals surface area contributed by atoms with Gasteiger partial charge in [-0.1, -0.05) is 36.5 Å². The van der Waals surface area contributed by atoms with Gasteiger partial charge in [0.25, 0.3) is 0 Å². The highest BCUT2D eigenvalue weighted by Gasteiger charge is 2.15. The van der Waals surface area contributed by atoms with E-state index in [4.69, 9.17) is 18.0 Å². The number of aromatic nitrogens is 3. The van der Waals surface area contributed by atoms with Gasteiger partial charge in [-0.25, -0.2) is 4.68 Å². The third-order valence-electron chi connectivity index (χ3n) is 3.29. The first kappa shape index (κ1) is 13.5. The summed E-state index contributed by atoms with van der Waals surface area (Å²) in [5.74, 6) is 0. The lowest BCUT2D eigenvalue weighted by Gasteiger charge is -2.04. The van der Waals surface area contributed by atoms with Gasteiger partial charge in [-0.15, -0.1) is 0 Å². The fourth-order valence-corrected chi connectivity index (χ4v) is 2.40. The monoisotopic (exact) mass is 294 g/mol. The van der Waals surface area contributed by atoms with Crippen molar-refractivity contribution in [3.8, 4) is 16.8 Å². The minimum absolute atomic E-state index is 0.288. The highest BCUT2D eigenvalue weighted by Crippen LogP contribution is 2.27. The lowest BCUT2D eigenvalue weighted by molar-refractivity contribution is 0.870. The molecule has 0 spiro atoms. The lowest BCUT2D eigenvalue weighted by atomic mass is 10.0. The Bertz CT molecular complexity index is 793. The summed E-state index contributed by atoms with van der Waals surface area (Å²) in [6.45, 7) is 2.06. The number of pyridine rings is 1. The first-order valence-corrected chi connectivity index (χ1v) is 6.93.